The lowest BCUT2D eigenvalue weighted by Crippen LogP contribution is -2.27. The van der Waals surface area contributed by atoms with Gasteiger partial charge in [-0.05, 0) is 70.0 Å². The first-order valence-corrected chi connectivity index (χ1v) is 12.3. The molecule has 0 aliphatic carbocycles. The van der Waals surface area contributed by atoms with E-state index in [1.807, 2.05) is 0 Å². The Morgan fingerprint density at radius 2 is 1.94 bits per heavy atom. The molecule has 2 aromatic carbocycles. The summed E-state index contributed by atoms with van der Waals surface area (Å²) in [5.74, 6) is 0.717. The third-order valence-electron chi connectivity index (χ3n) is 4.94. The first-order valence-electron chi connectivity index (χ1n) is 10.3. The fourth-order valence-electron chi connectivity index (χ4n) is 3.30. The van der Waals surface area contributed by atoms with E-state index in [-0.39, 0.29) is 24.8 Å². The van der Waals surface area contributed by atoms with E-state index in [4.69, 9.17) is 30.5 Å². The Morgan fingerprint density at radius 1 is 1.20 bits per heavy atom. The number of benzene rings is 2. The minimum absolute atomic E-state index is 0.00826. The minimum atomic E-state index is -0.542. The fourth-order valence-corrected chi connectivity index (χ4v) is 4.93. The standard InChI is InChI=1S/C23H19BrClNO8S/c1-3-31-18-5-12(4-14(24)21(18)32-10-20(27)30-2)6-19-22(28)26(23(29)35-19)9-13-7-16-17(8-15(13)25)34-11-33-16/h4-8H,3,9-11H2,1-2H3/b19-6-. The molecule has 2 amide bonds. The molecule has 0 N–H and O–H groups in total. The lowest BCUT2D eigenvalue weighted by Gasteiger charge is -2.15. The maximum Gasteiger partial charge on any atom is 0.343 e. The van der Waals surface area contributed by atoms with Crippen LogP contribution in [0.15, 0.2) is 33.6 Å². The molecule has 1 fully saturated rings. The molecule has 9 nitrogen and oxygen atoms in total. The Morgan fingerprint density at radius 3 is 2.66 bits per heavy atom. The summed E-state index contributed by atoms with van der Waals surface area (Å²) in [5, 5.41) is -0.0535. The highest BCUT2D eigenvalue weighted by atomic mass is 79.9. The number of esters is 1. The Balaban J connectivity index is 1.56. The predicted octanol–water partition coefficient (Wildman–Crippen LogP) is 5.02. The number of halogens is 2. The second kappa shape index (κ2) is 10.8. The van der Waals surface area contributed by atoms with E-state index in [1.165, 1.54) is 7.11 Å². The zero-order chi connectivity index (χ0) is 25.1. The molecule has 2 aliphatic rings. The van der Waals surface area contributed by atoms with E-state index in [0.29, 0.717) is 50.2 Å². The molecule has 0 radical (unpaired) electrons. The number of carbonyl (C=O) groups is 3. The highest BCUT2D eigenvalue weighted by Crippen LogP contribution is 2.41. The van der Waals surface area contributed by atoms with Gasteiger partial charge in [-0.25, -0.2) is 4.79 Å². The van der Waals surface area contributed by atoms with Crippen molar-refractivity contribution in [3.63, 3.8) is 0 Å². The summed E-state index contributed by atoms with van der Waals surface area (Å²) in [6.07, 6.45) is 1.59. The number of fused-ring (bicyclic) bond motifs is 1. The van der Waals surface area contributed by atoms with Crippen LogP contribution in [0.2, 0.25) is 5.02 Å². The average Bonchev–Trinajstić information content (AvgIpc) is 3.37. The van der Waals surface area contributed by atoms with Crippen LogP contribution in [0.25, 0.3) is 6.08 Å². The van der Waals surface area contributed by atoms with Crippen molar-refractivity contribution in [3.8, 4) is 23.0 Å². The SMILES string of the molecule is CCOc1cc(/C=C2\SC(=O)N(Cc3cc4c(cc3Cl)OCO4)C2=O)cc(Br)c1OCC(=O)OC. The fraction of sp³-hybridized carbons (Fsp3) is 0.261. The highest BCUT2D eigenvalue weighted by Gasteiger charge is 2.36. The van der Waals surface area contributed by atoms with Crippen LogP contribution in [0.4, 0.5) is 4.79 Å². The third kappa shape index (κ3) is 5.52. The predicted molar refractivity (Wildman–Crippen MR) is 132 cm³/mol. The summed E-state index contributed by atoms with van der Waals surface area (Å²) >= 11 is 10.6. The molecule has 1 saturated heterocycles. The summed E-state index contributed by atoms with van der Waals surface area (Å²) in [5.41, 5.74) is 1.16. The molecule has 12 heteroatoms. The summed E-state index contributed by atoms with van der Waals surface area (Å²) in [7, 11) is 1.26. The molecule has 4 rings (SSSR count). The van der Waals surface area contributed by atoms with Gasteiger partial charge in [0.05, 0.1) is 29.6 Å². The second-order valence-corrected chi connectivity index (χ2v) is 9.45. The molecule has 2 aliphatic heterocycles. The number of imide groups is 1. The molecule has 2 aromatic rings. The molecule has 0 aromatic heterocycles. The van der Waals surface area contributed by atoms with Crippen molar-refractivity contribution in [1.82, 2.24) is 4.90 Å². The Kier molecular flexibility index (Phi) is 7.78. The second-order valence-electron chi connectivity index (χ2n) is 7.19. The van der Waals surface area contributed by atoms with Gasteiger partial charge in [0.15, 0.2) is 29.6 Å². The third-order valence-corrected chi connectivity index (χ3v) is 6.78. The topological polar surface area (TPSA) is 101 Å². The number of methoxy groups -OCH3 is 1. The lowest BCUT2D eigenvalue weighted by molar-refractivity contribution is -0.143. The summed E-state index contributed by atoms with van der Waals surface area (Å²) in [6.45, 7) is 1.93. The zero-order valence-corrected chi connectivity index (χ0v) is 21.8. The maximum absolute atomic E-state index is 13.0. The zero-order valence-electron chi connectivity index (χ0n) is 18.6. The van der Waals surface area contributed by atoms with Gasteiger partial charge in [-0.1, -0.05) is 11.6 Å². The molecule has 0 unspecified atom stereocenters. The van der Waals surface area contributed by atoms with Crippen molar-refractivity contribution in [2.75, 3.05) is 27.1 Å². The van der Waals surface area contributed by atoms with Crippen LogP contribution in [0.3, 0.4) is 0 Å². The number of hydrogen-bond acceptors (Lipinski definition) is 9. The van der Waals surface area contributed by atoms with E-state index in [0.717, 1.165) is 16.7 Å². The van der Waals surface area contributed by atoms with E-state index in [2.05, 4.69) is 20.7 Å². The van der Waals surface area contributed by atoms with E-state index in [1.54, 1.807) is 37.3 Å². The van der Waals surface area contributed by atoms with E-state index >= 15 is 0 Å². The molecule has 35 heavy (non-hydrogen) atoms. The van der Waals surface area contributed by atoms with Crippen molar-refractivity contribution < 1.29 is 38.1 Å². The lowest BCUT2D eigenvalue weighted by atomic mass is 10.1. The summed E-state index contributed by atoms with van der Waals surface area (Å²) < 4.78 is 26.9. The molecule has 0 saturated carbocycles. The quantitative estimate of drug-likeness (QED) is 0.313. The van der Waals surface area contributed by atoms with Crippen LogP contribution >= 0.6 is 39.3 Å². The van der Waals surface area contributed by atoms with Crippen molar-refractivity contribution in [3.05, 3.63) is 49.8 Å². The van der Waals surface area contributed by atoms with Crippen LogP contribution in [-0.4, -0.2) is 49.1 Å². The van der Waals surface area contributed by atoms with Gasteiger partial charge in [-0.3, -0.25) is 14.5 Å². The van der Waals surface area contributed by atoms with Crippen molar-refractivity contribution >= 4 is 62.5 Å². The van der Waals surface area contributed by atoms with E-state index in [9.17, 15) is 14.4 Å². The smallest absolute Gasteiger partial charge is 0.343 e. The van der Waals surface area contributed by atoms with Gasteiger partial charge in [0, 0.05) is 11.1 Å². The number of rotatable bonds is 8. The first-order chi connectivity index (χ1) is 16.8. The number of amides is 2. The van der Waals surface area contributed by atoms with Gasteiger partial charge in [0.25, 0.3) is 11.1 Å². The van der Waals surface area contributed by atoms with Gasteiger partial charge < -0.3 is 23.7 Å². The maximum atomic E-state index is 13.0. The number of thioether (sulfide) groups is 1. The molecule has 184 valence electrons. The van der Waals surface area contributed by atoms with E-state index < -0.39 is 17.1 Å². The van der Waals surface area contributed by atoms with Gasteiger partial charge in [0.1, 0.15) is 0 Å². The molecule has 2 heterocycles. The van der Waals surface area contributed by atoms with Gasteiger partial charge >= 0.3 is 5.97 Å². The van der Waals surface area contributed by atoms with Gasteiger partial charge in [-0.2, -0.15) is 0 Å². The highest BCUT2D eigenvalue weighted by molar-refractivity contribution is 9.10. The average molecular weight is 585 g/mol. The molecular weight excluding hydrogens is 566 g/mol. The number of nitrogens with zero attached hydrogens (tertiary/aromatic N) is 1. The van der Waals surface area contributed by atoms with Crippen LogP contribution in [0.5, 0.6) is 23.0 Å². The number of carbonyl (C=O) groups excluding carboxylic acids is 3. The van der Waals surface area contributed by atoms with Crippen LogP contribution in [0.1, 0.15) is 18.1 Å². The van der Waals surface area contributed by atoms with Crippen molar-refractivity contribution in [2.24, 2.45) is 0 Å². The molecular formula is C23H19BrClNO8S. The number of ether oxygens (including phenoxy) is 5. The number of hydrogen-bond donors (Lipinski definition) is 0. The molecule has 0 atom stereocenters. The van der Waals surface area contributed by atoms with Crippen LogP contribution < -0.4 is 18.9 Å². The Hall–Kier alpha value is -2.89. The summed E-state index contributed by atoms with van der Waals surface area (Å²) in [6, 6.07) is 6.61. The van der Waals surface area contributed by atoms with Gasteiger partial charge in [-0.15, -0.1) is 0 Å². The van der Waals surface area contributed by atoms with Crippen LogP contribution in [0, 0.1) is 0 Å². The Labute approximate surface area is 218 Å². The molecule has 0 spiro atoms. The largest absolute Gasteiger partial charge is 0.490 e. The van der Waals surface area contributed by atoms with Crippen molar-refractivity contribution in [2.45, 2.75) is 13.5 Å². The normalized spacial score (nSPS) is 15.7. The minimum Gasteiger partial charge on any atom is -0.490 e. The Bertz CT molecular complexity index is 1230. The first kappa shape index (κ1) is 25.2. The van der Waals surface area contributed by atoms with Gasteiger partial charge in [0.2, 0.25) is 6.79 Å². The monoisotopic (exact) mass is 583 g/mol. The van der Waals surface area contributed by atoms with Crippen LogP contribution in [-0.2, 0) is 20.9 Å². The summed E-state index contributed by atoms with van der Waals surface area (Å²) in [4.78, 5) is 38.5. The van der Waals surface area contributed by atoms with Crippen molar-refractivity contribution in [1.29, 1.82) is 0 Å². The molecule has 0 bridgehead atoms.